The lowest BCUT2D eigenvalue weighted by atomic mass is 9.84. The first kappa shape index (κ1) is 19.7. The van der Waals surface area contributed by atoms with E-state index in [9.17, 15) is 17.6 Å². The summed E-state index contributed by atoms with van der Waals surface area (Å²) in [6, 6.07) is 10.6. The van der Waals surface area contributed by atoms with Gasteiger partial charge in [-0.2, -0.15) is 8.42 Å². The lowest BCUT2D eigenvalue weighted by Crippen LogP contribution is -2.45. The molecule has 1 amide bonds. The van der Waals surface area contributed by atoms with Crippen LogP contribution in [-0.2, 0) is 26.9 Å². The molecule has 0 spiro atoms. The van der Waals surface area contributed by atoms with E-state index in [0.29, 0.717) is 11.1 Å². The van der Waals surface area contributed by atoms with Crippen molar-refractivity contribution >= 4 is 49.3 Å². The monoisotopic (exact) mass is 472 g/mol. The highest BCUT2D eigenvalue weighted by Gasteiger charge is 2.46. The molecule has 2 aromatic rings. The Hall–Kier alpha value is -2.04. The first-order valence-corrected chi connectivity index (χ1v) is 10.7. The van der Waals surface area contributed by atoms with Crippen LogP contribution in [0.5, 0.6) is 5.75 Å². The molecule has 0 aromatic heterocycles. The summed E-state index contributed by atoms with van der Waals surface area (Å²) in [5, 5.41) is 5.74. The van der Waals surface area contributed by atoms with Gasteiger partial charge in [-0.25, -0.2) is 4.39 Å². The topological polar surface area (TPSA) is 84.5 Å². The largest absolute Gasteiger partial charge is 0.383 e. The minimum atomic E-state index is -3.66. The maximum atomic E-state index is 13.5. The highest BCUT2D eigenvalue weighted by Crippen LogP contribution is 2.32. The van der Waals surface area contributed by atoms with Gasteiger partial charge in [0.2, 0.25) is 0 Å². The van der Waals surface area contributed by atoms with E-state index in [2.05, 4.69) is 26.6 Å². The van der Waals surface area contributed by atoms with E-state index in [-0.39, 0.29) is 27.7 Å². The zero-order chi connectivity index (χ0) is 19.8. The van der Waals surface area contributed by atoms with Gasteiger partial charge in [0.15, 0.2) is 5.11 Å². The third-order valence-corrected chi connectivity index (χ3v) is 5.30. The van der Waals surface area contributed by atoms with Gasteiger partial charge in [0.1, 0.15) is 17.1 Å². The average Bonchev–Trinajstić information content (AvgIpc) is 2.84. The maximum absolute atomic E-state index is 13.5. The van der Waals surface area contributed by atoms with Crippen LogP contribution < -0.4 is 14.8 Å². The van der Waals surface area contributed by atoms with Crippen LogP contribution in [0.4, 0.5) is 4.39 Å². The van der Waals surface area contributed by atoms with Crippen LogP contribution in [0.25, 0.3) is 0 Å². The molecule has 0 radical (unpaired) electrons. The quantitative estimate of drug-likeness (QED) is 0.513. The molecule has 1 atom stereocenters. The van der Waals surface area contributed by atoms with Gasteiger partial charge < -0.3 is 14.8 Å². The van der Waals surface area contributed by atoms with E-state index in [0.717, 1.165) is 6.26 Å². The fourth-order valence-electron chi connectivity index (χ4n) is 2.85. The van der Waals surface area contributed by atoms with Gasteiger partial charge in [-0.15, -0.1) is 0 Å². The number of hydrogen-bond acceptors (Lipinski definition) is 5. The van der Waals surface area contributed by atoms with Crippen molar-refractivity contribution in [3.05, 3.63) is 63.9 Å². The lowest BCUT2D eigenvalue weighted by Gasteiger charge is -2.27. The predicted molar refractivity (Wildman–Crippen MR) is 105 cm³/mol. The number of hydrogen-bond donors (Lipinski definition) is 2. The first-order valence-electron chi connectivity index (χ1n) is 7.67. The zero-order valence-corrected chi connectivity index (χ0v) is 17.2. The van der Waals surface area contributed by atoms with Gasteiger partial charge in [0.05, 0.1) is 10.7 Å². The van der Waals surface area contributed by atoms with Crippen LogP contribution in [-0.4, -0.2) is 25.7 Å². The smallest absolute Gasteiger partial charge is 0.306 e. The Bertz CT molecular complexity index is 1030. The average molecular weight is 473 g/mol. The summed E-state index contributed by atoms with van der Waals surface area (Å²) >= 11 is 8.23. The molecule has 0 aliphatic carbocycles. The number of halogens is 2. The van der Waals surface area contributed by atoms with Crippen molar-refractivity contribution in [2.75, 3.05) is 6.26 Å². The Balaban J connectivity index is 2.00. The number of carbonyl (C=O) groups excluding carboxylic acids is 1. The van der Waals surface area contributed by atoms with Crippen molar-refractivity contribution in [1.82, 2.24) is 10.6 Å². The minimum Gasteiger partial charge on any atom is -0.383 e. The van der Waals surface area contributed by atoms with Crippen LogP contribution in [0, 0.1) is 5.82 Å². The van der Waals surface area contributed by atoms with E-state index < -0.39 is 21.5 Å². The van der Waals surface area contributed by atoms with Crippen LogP contribution >= 0.6 is 28.1 Å². The summed E-state index contributed by atoms with van der Waals surface area (Å²) in [4.78, 5) is 12.7. The molecule has 1 unspecified atom stereocenters. The molecule has 1 heterocycles. The van der Waals surface area contributed by atoms with Crippen molar-refractivity contribution in [3.8, 4) is 5.75 Å². The standard InChI is InChI=1S/C17H14BrFN2O4S2/c1-27(23,24)25-12-5-3-11(4-6-12)17(15(22)20-16(26)21-17)9-10-2-7-14(19)13(18)8-10/h2-8H,9H2,1H3,(H2,20,21,22,26). The summed E-state index contributed by atoms with van der Waals surface area (Å²) < 4.78 is 41.1. The fraction of sp³-hybridized carbons (Fsp3) is 0.176. The van der Waals surface area contributed by atoms with Crippen molar-refractivity contribution < 1.29 is 21.8 Å². The number of nitrogens with one attached hydrogen (secondary N) is 2. The second kappa shape index (κ2) is 7.17. The van der Waals surface area contributed by atoms with Crippen molar-refractivity contribution in [2.24, 2.45) is 0 Å². The van der Waals surface area contributed by atoms with Gasteiger partial charge in [-0.1, -0.05) is 18.2 Å². The molecule has 6 nitrogen and oxygen atoms in total. The van der Waals surface area contributed by atoms with Crippen LogP contribution in [0.1, 0.15) is 11.1 Å². The van der Waals surface area contributed by atoms with E-state index in [1.807, 2.05) is 0 Å². The Kier molecular flexibility index (Phi) is 5.24. The predicted octanol–water partition coefficient (Wildman–Crippen LogP) is 2.37. The molecule has 2 N–H and O–H groups in total. The number of amides is 1. The second-order valence-electron chi connectivity index (χ2n) is 6.05. The number of thiocarbonyl (C=S) groups is 1. The summed E-state index contributed by atoms with van der Waals surface area (Å²) in [5.74, 6) is -0.638. The summed E-state index contributed by atoms with van der Waals surface area (Å²) in [6.07, 6.45) is 1.14. The van der Waals surface area contributed by atoms with E-state index in [4.69, 9.17) is 16.4 Å². The molecule has 1 aliphatic rings. The molecular formula is C17H14BrFN2O4S2. The van der Waals surface area contributed by atoms with Gasteiger partial charge in [0.25, 0.3) is 5.91 Å². The number of rotatable bonds is 5. The van der Waals surface area contributed by atoms with Gasteiger partial charge in [-0.3, -0.25) is 4.79 Å². The normalized spacial score (nSPS) is 19.5. The molecule has 27 heavy (non-hydrogen) atoms. The molecule has 0 saturated carbocycles. The van der Waals surface area contributed by atoms with Crippen molar-refractivity contribution in [1.29, 1.82) is 0 Å². The van der Waals surface area contributed by atoms with Crippen molar-refractivity contribution in [2.45, 2.75) is 12.0 Å². The molecule has 142 valence electrons. The molecule has 3 rings (SSSR count). The Labute approximate surface area is 169 Å². The van der Waals surface area contributed by atoms with Crippen LogP contribution in [0.3, 0.4) is 0 Å². The molecule has 0 bridgehead atoms. The number of carbonyl (C=O) groups is 1. The first-order chi connectivity index (χ1) is 12.6. The van der Waals surface area contributed by atoms with E-state index in [1.165, 1.54) is 18.2 Å². The molecule has 2 aromatic carbocycles. The highest BCUT2D eigenvalue weighted by molar-refractivity contribution is 9.10. The Morgan fingerprint density at radius 3 is 2.41 bits per heavy atom. The zero-order valence-electron chi connectivity index (χ0n) is 14.0. The van der Waals surface area contributed by atoms with E-state index >= 15 is 0 Å². The van der Waals surface area contributed by atoms with Gasteiger partial charge >= 0.3 is 10.1 Å². The third kappa shape index (κ3) is 4.28. The summed E-state index contributed by atoms with van der Waals surface area (Å²) in [5.41, 5.74) is 0.0473. The second-order valence-corrected chi connectivity index (χ2v) is 8.89. The molecular weight excluding hydrogens is 459 g/mol. The molecule has 1 fully saturated rings. The summed E-state index contributed by atoms with van der Waals surface area (Å²) in [6.45, 7) is 0. The molecule has 1 aliphatic heterocycles. The molecule has 1 saturated heterocycles. The Morgan fingerprint density at radius 2 is 1.89 bits per heavy atom. The SMILES string of the molecule is CS(=O)(=O)Oc1ccc(C2(Cc3ccc(F)c(Br)c3)NC(=S)NC2=O)cc1. The summed E-state index contributed by atoms with van der Waals surface area (Å²) in [7, 11) is -3.66. The lowest BCUT2D eigenvalue weighted by molar-refractivity contribution is -0.124. The minimum absolute atomic E-state index is 0.127. The Morgan fingerprint density at radius 1 is 1.22 bits per heavy atom. The van der Waals surface area contributed by atoms with Gasteiger partial charge in [0, 0.05) is 6.42 Å². The van der Waals surface area contributed by atoms with Crippen LogP contribution in [0.15, 0.2) is 46.9 Å². The maximum Gasteiger partial charge on any atom is 0.306 e. The highest BCUT2D eigenvalue weighted by atomic mass is 79.9. The van der Waals surface area contributed by atoms with Crippen molar-refractivity contribution in [3.63, 3.8) is 0 Å². The van der Waals surface area contributed by atoms with Crippen LogP contribution in [0.2, 0.25) is 0 Å². The molecule has 10 heteroatoms. The third-order valence-electron chi connectivity index (χ3n) is 3.99. The van der Waals surface area contributed by atoms with Gasteiger partial charge in [-0.05, 0) is 63.5 Å². The van der Waals surface area contributed by atoms with E-state index in [1.54, 1.807) is 24.3 Å². The fourth-order valence-corrected chi connectivity index (χ4v) is 4.00. The number of benzene rings is 2.